The molecule has 0 radical (unpaired) electrons. The molecule has 0 aromatic heterocycles. The van der Waals surface area contributed by atoms with Crippen LogP contribution in [0.3, 0.4) is 0 Å². The molecule has 3 amide bonds. The van der Waals surface area contributed by atoms with Crippen LogP contribution in [0.2, 0.25) is 0 Å². The van der Waals surface area contributed by atoms with Crippen molar-refractivity contribution in [3.63, 3.8) is 0 Å². The normalized spacial score (nSPS) is 13.9. The molecule has 1 aromatic rings. The number of carbonyl (C=O) groups is 3. The Hall–Kier alpha value is -2.99. The Morgan fingerprint density at radius 1 is 1.06 bits per heavy atom. The molecule has 0 heterocycles. The van der Waals surface area contributed by atoms with E-state index >= 15 is 0 Å². The molecule has 0 spiro atoms. The number of benzene rings is 1. The third-order valence-corrected chi connectivity index (χ3v) is 6.75. The van der Waals surface area contributed by atoms with Gasteiger partial charge >= 0.3 is 0 Å². The van der Waals surface area contributed by atoms with Crippen LogP contribution in [0.5, 0.6) is 0 Å². The summed E-state index contributed by atoms with van der Waals surface area (Å²) in [5.41, 5.74) is 6.73. The van der Waals surface area contributed by atoms with E-state index in [0.29, 0.717) is 18.4 Å². The van der Waals surface area contributed by atoms with Crippen LogP contribution >= 0.6 is 0 Å². The van der Waals surface area contributed by atoms with Gasteiger partial charge in [0.25, 0.3) is 0 Å². The van der Waals surface area contributed by atoms with Crippen molar-refractivity contribution in [1.29, 1.82) is 5.41 Å². The molecule has 0 bridgehead atoms. The van der Waals surface area contributed by atoms with Gasteiger partial charge in [0.1, 0.15) is 17.9 Å². The van der Waals surface area contributed by atoms with Gasteiger partial charge in [-0.05, 0) is 17.9 Å². The molecule has 190 valence electrons. The van der Waals surface area contributed by atoms with Crippen molar-refractivity contribution in [1.82, 2.24) is 20.7 Å². The third kappa shape index (κ3) is 9.87. The fraction of sp³-hybridized carbons (Fsp3) is 0.545. The molecule has 11 nitrogen and oxygen atoms in total. The summed E-state index contributed by atoms with van der Waals surface area (Å²) in [4.78, 5) is 37.2. The Kier molecular flexibility index (Phi) is 11.7. The van der Waals surface area contributed by atoms with Crippen LogP contribution in [0, 0.1) is 11.3 Å². The highest BCUT2D eigenvalue weighted by Gasteiger charge is 2.31. The summed E-state index contributed by atoms with van der Waals surface area (Å²) in [6, 6.07) is 4.54. The van der Waals surface area contributed by atoms with Crippen molar-refractivity contribution in [2.45, 2.75) is 59.2 Å². The lowest BCUT2D eigenvalue weighted by molar-refractivity contribution is -0.130. The standard InChI is InChI=1S/C22H36N6O5S/c1-5-11-34(32,33)28-19(14(3)6-2)22(31)27-18(13-25-15(4)29)21(30)26-12-16-7-9-17(10-8-16)20(23)24/h7-10,14,18-19,28H,5-6,11-13H2,1-4H3,(H3,23,24)(H,25,29)(H,26,30)(H,27,31). The van der Waals surface area contributed by atoms with Crippen molar-refractivity contribution in [2.24, 2.45) is 11.7 Å². The molecule has 0 saturated heterocycles. The van der Waals surface area contributed by atoms with Crippen molar-refractivity contribution in [3.8, 4) is 0 Å². The average Bonchev–Trinajstić information content (AvgIpc) is 2.77. The van der Waals surface area contributed by atoms with Crippen LogP contribution in [0.15, 0.2) is 24.3 Å². The van der Waals surface area contributed by atoms with E-state index in [0.717, 1.165) is 5.56 Å². The van der Waals surface area contributed by atoms with Crippen molar-refractivity contribution >= 4 is 33.6 Å². The lowest BCUT2D eigenvalue weighted by Crippen LogP contribution is -2.58. The van der Waals surface area contributed by atoms with Gasteiger partial charge in [-0.1, -0.05) is 51.5 Å². The summed E-state index contributed by atoms with van der Waals surface area (Å²) in [5, 5.41) is 15.2. The monoisotopic (exact) mass is 496 g/mol. The first-order valence-electron chi connectivity index (χ1n) is 11.2. The van der Waals surface area contributed by atoms with Crippen molar-refractivity contribution < 1.29 is 22.8 Å². The zero-order valence-corrected chi connectivity index (χ0v) is 20.9. The largest absolute Gasteiger partial charge is 0.384 e. The Morgan fingerprint density at radius 2 is 1.68 bits per heavy atom. The smallest absolute Gasteiger partial charge is 0.244 e. The van der Waals surface area contributed by atoms with Gasteiger partial charge in [-0.2, -0.15) is 0 Å². The summed E-state index contributed by atoms with van der Waals surface area (Å²) in [6.07, 6.45) is 0.927. The van der Waals surface area contributed by atoms with Crippen LogP contribution < -0.4 is 26.4 Å². The minimum Gasteiger partial charge on any atom is -0.384 e. The highest BCUT2D eigenvalue weighted by Crippen LogP contribution is 2.10. The molecule has 0 saturated carbocycles. The fourth-order valence-electron chi connectivity index (χ4n) is 3.02. The van der Waals surface area contributed by atoms with Crippen LogP contribution in [0.25, 0.3) is 0 Å². The molecular weight excluding hydrogens is 460 g/mol. The van der Waals surface area contributed by atoms with Gasteiger partial charge in [0.2, 0.25) is 27.7 Å². The first kappa shape index (κ1) is 29.0. The van der Waals surface area contributed by atoms with Gasteiger partial charge in [0, 0.05) is 25.6 Å². The fourth-order valence-corrected chi connectivity index (χ4v) is 4.40. The highest BCUT2D eigenvalue weighted by atomic mass is 32.2. The van der Waals surface area contributed by atoms with E-state index < -0.39 is 33.9 Å². The van der Waals surface area contributed by atoms with Crippen molar-refractivity contribution in [2.75, 3.05) is 12.3 Å². The molecule has 0 aliphatic heterocycles. The Labute approximate surface area is 201 Å². The van der Waals surface area contributed by atoms with Gasteiger partial charge in [-0.25, -0.2) is 13.1 Å². The molecule has 34 heavy (non-hydrogen) atoms. The lowest BCUT2D eigenvalue weighted by Gasteiger charge is -2.26. The second kappa shape index (κ2) is 13.7. The summed E-state index contributed by atoms with van der Waals surface area (Å²) in [6.45, 7) is 6.56. The van der Waals surface area contributed by atoms with E-state index in [2.05, 4.69) is 20.7 Å². The van der Waals surface area contributed by atoms with E-state index in [1.54, 1.807) is 38.1 Å². The van der Waals surface area contributed by atoms with Gasteiger partial charge < -0.3 is 21.7 Å². The van der Waals surface area contributed by atoms with E-state index in [4.69, 9.17) is 11.1 Å². The number of rotatable bonds is 14. The molecule has 0 aliphatic rings. The third-order valence-electron chi connectivity index (χ3n) is 5.19. The number of hydrogen-bond donors (Lipinski definition) is 6. The van der Waals surface area contributed by atoms with Crippen LogP contribution in [0.1, 0.15) is 51.7 Å². The molecule has 1 aromatic carbocycles. The second-order valence-corrected chi connectivity index (χ2v) is 10.0. The number of amides is 3. The molecule has 12 heteroatoms. The zero-order chi connectivity index (χ0) is 25.9. The number of hydrogen-bond acceptors (Lipinski definition) is 6. The van der Waals surface area contributed by atoms with Gasteiger partial charge in [-0.3, -0.25) is 19.8 Å². The summed E-state index contributed by atoms with van der Waals surface area (Å²) in [5.74, 6) is -2.09. The van der Waals surface area contributed by atoms with E-state index in [1.165, 1.54) is 6.92 Å². The maximum absolute atomic E-state index is 13.0. The first-order chi connectivity index (χ1) is 15.9. The number of carbonyl (C=O) groups excluding carboxylic acids is 3. The topological polar surface area (TPSA) is 183 Å². The summed E-state index contributed by atoms with van der Waals surface area (Å²) in [7, 11) is -3.67. The van der Waals surface area contributed by atoms with Gasteiger partial charge in [-0.15, -0.1) is 0 Å². The number of nitrogens with two attached hydrogens (primary N) is 1. The van der Waals surface area contributed by atoms with Gasteiger partial charge in [0.15, 0.2) is 0 Å². The van der Waals surface area contributed by atoms with E-state index in [-0.39, 0.29) is 36.5 Å². The predicted molar refractivity (Wildman–Crippen MR) is 130 cm³/mol. The van der Waals surface area contributed by atoms with Gasteiger partial charge in [0.05, 0.1) is 5.75 Å². The molecule has 0 aliphatic carbocycles. The highest BCUT2D eigenvalue weighted by molar-refractivity contribution is 7.89. The SMILES string of the molecule is CCCS(=O)(=O)NC(C(=O)NC(CNC(C)=O)C(=O)NCc1ccc(C(=N)N)cc1)C(C)CC. The molecule has 3 unspecified atom stereocenters. The first-order valence-corrected chi connectivity index (χ1v) is 12.8. The second-order valence-electron chi connectivity index (χ2n) is 8.13. The maximum atomic E-state index is 13.0. The number of nitrogen functional groups attached to an aromatic ring is 1. The number of nitrogens with one attached hydrogen (secondary N) is 5. The molecular formula is C22H36N6O5S. The van der Waals surface area contributed by atoms with Crippen LogP contribution in [0.4, 0.5) is 0 Å². The quantitative estimate of drug-likeness (QED) is 0.155. The van der Waals surface area contributed by atoms with Crippen LogP contribution in [-0.2, 0) is 31.0 Å². The minimum absolute atomic E-state index is 0.0703. The average molecular weight is 497 g/mol. The Balaban J connectivity index is 2.96. The number of amidine groups is 1. The summed E-state index contributed by atoms with van der Waals surface area (Å²) >= 11 is 0. The van der Waals surface area contributed by atoms with Crippen LogP contribution in [-0.4, -0.2) is 56.4 Å². The van der Waals surface area contributed by atoms with E-state index in [1.807, 2.05) is 6.92 Å². The Morgan fingerprint density at radius 3 is 2.18 bits per heavy atom. The minimum atomic E-state index is -3.67. The molecule has 1 rings (SSSR count). The van der Waals surface area contributed by atoms with Crippen molar-refractivity contribution in [3.05, 3.63) is 35.4 Å². The van der Waals surface area contributed by atoms with E-state index in [9.17, 15) is 22.8 Å². The molecule has 0 fully saturated rings. The zero-order valence-electron chi connectivity index (χ0n) is 20.1. The number of sulfonamides is 1. The predicted octanol–water partition coefficient (Wildman–Crippen LogP) is -0.0481. The maximum Gasteiger partial charge on any atom is 0.244 e. The molecule has 7 N–H and O–H groups in total. The molecule has 3 atom stereocenters. The summed E-state index contributed by atoms with van der Waals surface area (Å²) < 4.78 is 27.0. The lowest BCUT2D eigenvalue weighted by atomic mass is 9.99. The Bertz CT molecular complexity index is 965.